The SMILES string of the molecule is CC(C)NCc1nc(N2CC(C)OCC2C)ccc1Cl. The molecule has 20 heavy (non-hydrogen) atoms. The van der Waals surface area contributed by atoms with E-state index in [2.05, 4.69) is 37.9 Å². The maximum atomic E-state index is 6.24. The topological polar surface area (TPSA) is 37.4 Å². The van der Waals surface area contributed by atoms with Gasteiger partial charge in [0.25, 0.3) is 0 Å². The van der Waals surface area contributed by atoms with Gasteiger partial charge >= 0.3 is 0 Å². The number of rotatable bonds is 4. The Morgan fingerprint density at radius 1 is 1.45 bits per heavy atom. The van der Waals surface area contributed by atoms with Crippen molar-refractivity contribution in [2.75, 3.05) is 18.1 Å². The lowest BCUT2D eigenvalue weighted by molar-refractivity contribution is 0.0340. The molecule has 1 N–H and O–H groups in total. The summed E-state index contributed by atoms with van der Waals surface area (Å²) in [5.74, 6) is 0.984. The Morgan fingerprint density at radius 2 is 2.20 bits per heavy atom. The van der Waals surface area contributed by atoms with Gasteiger partial charge in [0, 0.05) is 19.1 Å². The second kappa shape index (κ2) is 6.74. The highest BCUT2D eigenvalue weighted by Gasteiger charge is 2.24. The summed E-state index contributed by atoms with van der Waals surface area (Å²) >= 11 is 6.24. The first-order chi connectivity index (χ1) is 9.47. The first kappa shape index (κ1) is 15.5. The molecule has 0 spiro atoms. The fraction of sp³-hybridized carbons (Fsp3) is 0.667. The zero-order valence-corrected chi connectivity index (χ0v) is 13.4. The van der Waals surface area contributed by atoms with Gasteiger partial charge in [-0.2, -0.15) is 0 Å². The maximum absolute atomic E-state index is 6.24. The van der Waals surface area contributed by atoms with Crippen molar-refractivity contribution in [1.82, 2.24) is 10.3 Å². The minimum Gasteiger partial charge on any atom is -0.375 e. The van der Waals surface area contributed by atoms with E-state index in [4.69, 9.17) is 21.3 Å². The van der Waals surface area contributed by atoms with Gasteiger partial charge < -0.3 is 15.0 Å². The Morgan fingerprint density at radius 3 is 2.90 bits per heavy atom. The summed E-state index contributed by atoms with van der Waals surface area (Å²) in [5.41, 5.74) is 0.907. The summed E-state index contributed by atoms with van der Waals surface area (Å²) in [4.78, 5) is 7.02. The maximum Gasteiger partial charge on any atom is 0.129 e. The van der Waals surface area contributed by atoms with Crippen LogP contribution in [0, 0.1) is 0 Å². The summed E-state index contributed by atoms with van der Waals surface area (Å²) in [6.45, 7) is 10.8. The average molecular weight is 298 g/mol. The molecule has 2 heterocycles. The van der Waals surface area contributed by atoms with Crippen LogP contribution < -0.4 is 10.2 Å². The standard InChI is InChI=1S/C15H24ClN3O/c1-10(2)17-7-14-13(16)5-6-15(18-14)19-8-12(4)20-9-11(19)3/h5-6,10-12,17H,7-9H2,1-4H3. The van der Waals surface area contributed by atoms with E-state index in [1.165, 1.54) is 0 Å². The third kappa shape index (κ3) is 3.84. The van der Waals surface area contributed by atoms with Crippen LogP contribution >= 0.6 is 11.6 Å². The fourth-order valence-electron chi connectivity index (χ4n) is 2.28. The van der Waals surface area contributed by atoms with Crippen molar-refractivity contribution in [3.8, 4) is 0 Å². The molecule has 0 amide bonds. The summed E-state index contributed by atoms with van der Waals surface area (Å²) in [6.07, 6.45) is 0.237. The summed E-state index contributed by atoms with van der Waals surface area (Å²) in [7, 11) is 0. The number of anilines is 1. The molecule has 112 valence electrons. The van der Waals surface area contributed by atoms with Gasteiger partial charge in [0.1, 0.15) is 5.82 Å². The van der Waals surface area contributed by atoms with Crippen LogP contribution in [-0.2, 0) is 11.3 Å². The molecule has 1 aliphatic heterocycles. The number of ether oxygens (including phenoxy) is 1. The van der Waals surface area contributed by atoms with Gasteiger partial charge in [0.2, 0.25) is 0 Å². The number of nitrogens with one attached hydrogen (secondary N) is 1. The lowest BCUT2D eigenvalue weighted by Gasteiger charge is -2.37. The van der Waals surface area contributed by atoms with Crippen LogP contribution in [0.4, 0.5) is 5.82 Å². The molecule has 2 unspecified atom stereocenters. The number of aromatic nitrogens is 1. The van der Waals surface area contributed by atoms with Crippen LogP contribution in [0.15, 0.2) is 12.1 Å². The third-order valence-electron chi connectivity index (χ3n) is 3.48. The van der Waals surface area contributed by atoms with Gasteiger partial charge in [-0.05, 0) is 26.0 Å². The second-order valence-corrected chi connectivity index (χ2v) is 6.19. The Kier molecular flexibility index (Phi) is 5.24. The number of hydrogen-bond donors (Lipinski definition) is 1. The fourth-order valence-corrected chi connectivity index (χ4v) is 2.45. The van der Waals surface area contributed by atoms with Gasteiger partial charge in [-0.15, -0.1) is 0 Å². The quantitative estimate of drug-likeness (QED) is 0.927. The summed E-state index contributed by atoms with van der Waals surface area (Å²) in [5, 5.41) is 4.08. The van der Waals surface area contributed by atoms with Crippen molar-refractivity contribution in [2.45, 2.75) is 52.4 Å². The molecule has 1 aromatic heterocycles. The number of nitrogens with zero attached hydrogens (tertiary/aromatic N) is 2. The second-order valence-electron chi connectivity index (χ2n) is 5.78. The van der Waals surface area contributed by atoms with E-state index in [1.54, 1.807) is 0 Å². The molecule has 1 aromatic rings. The first-order valence-electron chi connectivity index (χ1n) is 7.24. The van der Waals surface area contributed by atoms with Crippen molar-refractivity contribution in [3.05, 3.63) is 22.8 Å². The molecule has 1 saturated heterocycles. The largest absolute Gasteiger partial charge is 0.375 e. The molecule has 0 aliphatic carbocycles. The van der Waals surface area contributed by atoms with Crippen molar-refractivity contribution in [3.63, 3.8) is 0 Å². The first-order valence-corrected chi connectivity index (χ1v) is 7.62. The average Bonchev–Trinajstić information content (AvgIpc) is 2.40. The van der Waals surface area contributed by atoms with E-state index in [9.17, 15) is 0 Å². The van der Waals surface area contributed by atoms with Crippen molar-refractivity contribution >= 4 is 17.4 Å². The lowest BCUT2D eigenvalue weighted by atomic mass is 10.2. The Labute approximate surface area is 126 Å². The van der Waals surface area contributed by atoms with Gasteiger partial charge in [-0.25, -0.2) is 4.98 Å². The van der Waals surface area contributed by atoms with Gasteiger partial charge in [-0.1, -0.05) is 25.4 Å². The van der Waals surface area contributed by atoms with E-state index in [-0.39, 0.29) is 6.10 Å². The molecule has 0 radical (unpaired) electrons. The molecule has 2 atom stereocenters. The van der Waals surface area contributed by atoms with Crippen LogP contribution in [0.25, 0.3) is 0 Å². The summed E-state index contributed by atoms with van der Waals surface area (Å²) in [6, 6.07) is 4.69. The molecule has 0 aromatic carbocycles. The van der Waals surface area contributed by atoms with Crippen molar-refractivity contribution in [1.29, 1.82) is 0 Å². The van der Waals surface area contributed by atoms with E-state index >= 15 is 0 Å². The number of hydrogen-bond acceptors (Lipinski definition) is 4. The Hall–Kier alpha value is -0.840. The molecule has 0 bridgehead atoms. The van der Waals surface area contributed by atoms with Gasteiger partial charge in [-0.3, -0.25) is 0 Å². The Bertz CT molecular complexity index is 453. The molecule has 4 nitrogen and oxygen atoms in total. The van der Waals surface area contributed by atoms with E-state index < -0.39 is 0 Å². The third-order valence-corrected chi connectivity index (χ3v) is 3.83. The van der Waals surface area contributed by atoms with Crippen molar-refractivity contribution in [2.24, 2.45) is 0 Å². The highest BCUT2D eigenvalue weighted by atomic mass is 35.5. The highest BCUT2D eigenvalue weighted by molar-refractivity contribution is 6.31. The number of pyridine rings is 1. The number of morpholine rings is 1. The van der Waals surface area contributed by atoms with E-state index in [0.717, 1.165) is 29.7 Å². The van der Waals surface area contributed by atoms with Gasteiger partial charge in [0.05, 0.1) is 29.5 Å². The van der Waals surface area contributed by atoms with Crippen LogP contribution in [0.3, 0.4) is 0 Å². The van der Waals surface area contributed by atoms with E-state index in [0.29, 0.717) is 18.6 Å². The molecule has 1 fully saturated rings. The van der Waals surface area contributed by atoms with Gasteiger partial charge in [0.15, 0.2) is 0 Å². The monoisotopic (exact) mass is 297 g/mol. The highest BCUT2D eigenvalue weighted by Crippen LogP contribution is 2.23. The van der Waals surface area contributed by atoms with Crippen LogP contribution in [0.1, 0.15) is 33.4 Å². The molecule has 5 heteroatoms. The van der Waals surface area contributed by atoms with Crippen molar-refractivity contribution < 1.29 is 4.74 Å². The lowest BCUT2D eigenvalue weighted by Crippen LogP contribution is -2.47. The zero-order valence-electron chi connectivity index (χ0n) is 12.7. The van der Waals surface area contributed by atoms with Crippen LogP contribution in [0.2, 0.25) is 5.02 Å². The minimum atomic E-state index is 0.237. The van der Waals surface area contributed by atoms with Crippen LogP contribution in [-0.4, -0.2) is 36.3 Å². The molecular weight excluding hydrogens is 274 g/mol. The molecule has 2 rings (SSSR count). The molecular formula is C15H24ClN3O. The smallest absolute Gasteiger partial charge is 0.129 e. The zero-order chi connectivity index (χ0) is 14.7. The normalized spacial score (nSPS) is 23.4. The predicted molar refractivity (Wildman–Crippen MR) is 83.4 cm³/mol. The minimum absolute atomic E-state index is 0.237. The number of halogens is 1. The molecule has 0 saturated carbocycles. The van der Waals surface area contributed by atoms with Crippen LogP contribution in [0.5, 0.6) is 0 Å². The summed E-state index contributed by atoms with van der Waals surface area (Å²) < 4.78 is 5.67. The predicted octanol–water partition coefficient (Wildman–Crippen LogP) is 2.85. The van der Waals surface area contributed by atoms with E-state index in [1.807, 2.05) is 12.1 Å². The molecule has 1 aliphatic rings. The Balaban J connectivity index is 2.17.